The maximum Gasteiger partial charge on any atom is 0.242 e. The highest BCUT2D eigenvalue weighted by Gasteiger charge is 2.62. The average Bonchev–Trinajstić information content (AvgIpc) is 3.15. The highest BCUT2D eigenvalue weighted by Crippen LogP contribution is 2.60. The Morgan fingerprint density at radius 2 is 1.00 bits per heavy atom. The Bertz CT molecular complexity index is 551. The first kappa shape index (κ1) is 18.8. The Labute approximate surface area is 146 Å². The van der Waals surface area contributed by atoms with Crippen molar-refractivity contribution < 1.29 is 9.59 Å². The number of hydrogen-bond acceptors (Lipinski definition) is 2. The lowest BCUT2D eigenvalue weighted by Gasteiger charge is -2.08. The van der Waals surface area contributed by atoms with E-state index in [1.54, 1.807) is 0 Å². The van der Waals surface area contributed by atoms with Gasteiger partial charge in [-0.25, -0.2) is 0 Å². The molecular weight excluding hydrogens is 300 g/mol. The molecule has 2 rings (SSSR count). The van der Waals surface area contributed by atoms with Crippen LogP contribution in [0.2, 0.25) is 0 Å². The molecule has 0 heterocycles. The van der Waals surface area contributed by atoms with E-state index in [1.165, 1.54) is 11.1 Å². The van der Waals surface area contributed by atoms with E-state index in [-0.39, 0.29) is 46.3 Å². The second kappa shape index (κ2) is 6.05. The summed E-state index contributed by atoms with van der Waals surface area (Å²) in [5.41, 5.74) is 7.64. The van der Waals surface area contributed by atoms with Gasteiger partial charge in [0.1, 0.15) is 0 Å². The highest BCUT2D eigenvalue weighted by atomic mass is 16.2. The summed E-state index contributed by atoms with van der Waals surface area (Å²) in [5, 5.41) is 0. The van der Waals surface area contributed by atoms with Crippen molar-refractivity contribution in [1.29, 1.82) is 0 Å². The van der Waals surface area contributed by atoms with Gasteiger partial charge in [-0.1, -0.05) is 51.0 Å². The van der Waals surface area contributed by atoms with E-state index in [1.807, 2.05) is 27.7 Å². The monoisotopic (exact) mass is 332 g/mol. The van der Waals surface area contributed by atoms with Crippen LogP contribution in [0.3, 0.4) is 0 Å². The Morgan fingerprint density at radius 3 is 1.25 bits per heavy atom. The summed E-state index contributed by atoms with van der Waals surface area (Å²) in [6.45, 7) is 16.6. The Balaban J connectivity index is 1.91. The lowest BCUT2D eigenvalue weighted by molar-refractivity contribution is -0.131. The number of nitrogens with one attached hydrogen (secondary N) is 2. The fraction of sp³-hybridized carbons (Fsp3) is 0.700. The van der Waals surface area contributed by atoms with Gasteiger partial charge in [0.25, 0.3) is 0 Å². The molecule has 2 amide bonds. The fourth-order valence-electron chi connectivity index (χ4n) is 3.98. The van der Waals surface area contributed by atoms with E-state index < -0.39 is 0 Å². The molecule has 4 atom stereocenters. The summed E-state index contributed by atoms with van der Waals surface area (Å²) in [5.74, 6) is 0.161. The van der Waals surface area contributed by atoms with Crippen LogP contribution in [0.5, 0.6) is 0 Å². The number of hydrazine groups is 1. The van der Waals surface area contributed by atoms with Crippen LogP contribution in [0.1, 0.15) is 55.4 Å². The third kappa shape index (κ3) is 3.42. The summed E-state index contributed by atoms with van der Waals surface area (Å²) < 4.78 is 0. The number of carbonyl (C=O) groups is 2. The van der Waals surface area contributed by atoms with Crippen molar-refractivity contribution in [3.8, 4) is 0 Å². The second-order valence-corrected chi connectivity index (χ2v) is 9.12. The van der Waals surface area contributed by atoms with Crippen molar-refractivity contribution in [2.45, 2.75) is 55.4 Å². The predicted octanol–water partition coefficient (Wildman–Crippen LogP) is 3.61. The van der Waals surface area contributed by atoms with Crippen LogP contribution in [-0.2, 0) is 9.59 Å². The molecule has 0 aromatic rings. The summed E-state index contributed by atoms with van der Waals surface area (Å²) in [4.78, 5) is 24.8. The van der Waals surface area contributed by atoms with E-state index in [0.717, 1.165) is 0 Å². The highest BCUT2D eigenvalue weighted by molar-refractivity contribution is 5.89. The van der Waals surface area contributed by atoms with Gasteiger partial charge in [-0.15, -0.1) is 0 Å². The van der Waals surface area contributed by atoms with E-state index in [9.17, 15) is 9.59 Å². The second-order valence-electron chi connectivity index (χ2n) is 9.12. The van der Waals surface area contributed by atoms with Gasteiger partial charge < -0.3 is 0 Å². The fourth-order valence-corrected chi connectivity index (χ4v) is 3.98. The zero-order valence-electron chi connectivity index (χ0n) is 16.3. The minimum atomic E-state index is -0.0897. The van der Waals surface area contributed by atoms with Gasteiger partial charge in [-0.05, 0) is 50.4 Å². The third-order valence-electron chi connectivity index (χ3n) is 5.72. The minimum absolute atomic E-state index is 0.0461. The van der Waals surface area contributed by atoms with E-state index in [2.05, 4.69) is 50.7 Å². The van der Waals surface area contributed by atoms with E-state index in [4.69, 9.17) is 0 Å². The number of hydrogen-bond donors (Lipinski definition) is 2. The molecule has 2 aliphatic rings. The van der Waals surface area contributed by atoms with Gasteiger partial charge in [0.15, 0.2) is 0 Å². The quantitative estimate of drug-likeness (QED) is 0.610. The van der Waals surface area contributed by atoms with Crippen LogP contribution in [0.4, 0.5) is 0 Å². The molecule has 0 radical (unpaired) electrons. The van der Waals surface area contributed by atoms with Crippen molar-refractivity contribution in [3.05, 3.63) is 23.3 Å². The molecule has 2 saturated carbocycles. The van der Waals surface area contributed by atoms with Gasteiger partial charge in [-0.3, -0.25) is 20.4 Å². The van der Waals surface area contributed by atoms with Gasteiger partial charge >= 0.3 is 0 Å². The summed E-state index contributed by atoms with van der Waals surface area (Å²) in [7, 11) is 0. The SMILES string of the molecule is CC(C)=C[C@@H]1[C@H](C(=O)NNC(=O)[C@@H]2[C@H](C=C(C)C)C2(C)C)C1(C)C. The van der Waals surface area contributed by atoms with Crippen LogP contribution in [0.25, 0.3) is 0 Å². The average molecular weight is 332 g/mol. The molecular formula is C20H32N2O2. The molecule has 4 heteroatoms. The standard InChI is InChI=1S/C20H32N2O2/c1-11(2)9-13-15(19(13,5)6)17(23)21-22-18(24)16-14(10-12(3)4)20(16,7)8/h9-10,13-16H,1-8H3,(H,21,23)(H,22,24)/t13-,14+,15-,16+. The molecule has 2 N–H and O–H groups in total. The Kier molecular flexibility index (Phi) is 4.73. The zero-order valence-corrected chi connectivity index (χ0v) is 16.3. The van der Waals surface area contributed by atoms with E-state index >= 15 is 0 Å². The van der Waals surface area contributed by atoms with Gasteiger partial charge in [-0.2, -0.15) is 0 Å². The lowest BCUT2D eigenvalue weighted by Crippen LogP contribution is -2.44. The third-order valence-corrected chi connectivity index (χ3v) is 5.72. The molecule has 24 heavy (non-hydrogen) atoms. The van der Waals surface area contributed by atoms with Crippen LogP contribution >= 0.6 is 0 Å². The van der Waals surface area contributed by atoms with Gasteiger partial charge in [0.2, 0.25) is 11.8 Å². The van der Waals surface area contributed by atoms with Crippen LogP contribution in [0, 0.1) is 34.5 Å². The first-order valence-corrected chi connectivity index (χ1v) is 8.80. The number of amides is 2. The van der Waals surface area contributed by atoms with Crippen LogP contribution < -0.4 is 10.9 Å². The smallest absolute Gasteiger partial charge is 0.242 e. The van der Waals surface area contributed by atoms with Crippen molar-refractivity contribution in [2.24, 2.45) is 34.5 Å². The van der Waals surface area contributed by atoms with Crippen molar-refractivity contribution in [2.75, 3.05) is 0 Å². The molecule has 0 bridgehead atoms. The van der Waals surface area contributed by atoms with Crippen LogP contribution in [0.15, 0.2) is 23.3 Å². The molecule has 0 unspecified atom stereocenters. The Hall–Kier alpha value is -1.58. The largest absolute Gasteiger partial charge is 0.273 e. The molecule has 0 aromatic carbocycles. The summed E-state index contributed by atoms with van der Waals surface area (Å²) in [6.07, 6.45) is 4.31. The van der Waals surface area contributed by atoms with E-state index in [0.29, 0.717) is 0 Å². The van der Waals surface area contributed by atoms with Gasteiger partial charge in [0.05, 0.1) is 11.8 Å². The number of allylic oxidation sites excluding steroid dienone is 4. The molecule has 2 aliphatic carbocycles. The maximum absolute atomic E-state index is 12.4. The topological polar surface area (TPSA) is 58.2 Å². The maximum atomic E-state index is 12.4. The predicted molar refractivity (Wildman–Crippen MR) is 96.7 cm³/mol. The molecule has 134 valence electrons. The molecule has 0 aliphatic heterocycles. The minimum Gasteiger partial charge on any atom is -0.273 e. The van der Waals surface area contributed by atoms with Gasteiger partial charge in [0, 0.05) is 0 Å². The molecule has 0 aromatic heterocycles. The normalized spacial score (nSPS) is 31.5. The lowest BCUT2D eigenvalue weighted by atomic mass is 10.1. The summed E-state index contributed by atoms with van der Waals surface area (Å²) in [6, 6.07) is 0. The first-order chi connectivity index (χ1) is 10.9. The molecule has 4 nitrogen and oxygen atoms in total. The van der Waals surface area contributed by atoms with Crippen molar-refractivity contribution >= 4 is 11.8 Å². The molecule has 0 spiro atoms. The Morgan fingerprint density at radius 1 is 0.708 bits per heavy atom. The molecule has 0 saturated heterocycles. The number of rotatable bonds is 4. The molecule has 2 fully saturated rings. The first-order valence-electron chi connectivity index (χ1n) is 8.80. The summed E-state index contributed by atoms with van der Waals surface area (Å²) >= 11 is 0. The van der Waals surface area contributed by atoms with Crippen LogP contribution in [-0.4, -0.2) is 11.8 Å². The number of carbonyl (C=O) groups excluding carboxylic acids is 2. The van der Waals surface area contributed by atoms with Crippen molar-refractivity contribution in [3.63, 3.8) is 0 Å². The zero-order chi connectivity index (χ0) is 18.4. The van der Waals surface area contributed by atoms with Crippen molar-refractivity contribution in [1.82, 2.24) is 10.9 Å².